The summed E-state index contributed by atoms with van der Waals surface area (Å²) in [5.41, 5.74) is -1.14. The molecule has 2 N–H and O–H groups in total. The van der Waals surface area contributed by atoms with Gasteiger partial charge in [0.05, 0.1) is 16.9 Å². The Morgan fingerprint density at radius 2 is 2.14 bits per heavy atom. The van der Waals surface area contributed by atoms with Gasteiger partial charge in [0.25, 0.3) is 0 Å². The van der Waals surface area contributed by atoms with Crippen molar-refractivity contribution in [1.29, 1.82) is 0 Å². The highest BCUT2D eigenvalue weighted by Crippen LogP contribution is 2.33. The van der Waals surface area contributed by atoms with E-state index in [0.29, 0.717) is 17.6 Å². The van der Waals surface area contributed by atoms with E-state index in [1.54, 1.807) is 0 Å². The predicted octanol–water partition coefficient (Wildman–Crippen LogP) is 2.78. The molecule has 21 heavy (non-hydrogen) atoms. The van der Waals surface area contributed by atoms with E-state index in [1.807, 2.05) is 6.92 Å². The zero-order valence-electron chi connectivity index (χ0n) is 11.2. The van der Waals surface area contributed by atoms with Gasteiger partial charge in [-0.05, 0) is 41.1 Å². The molecule has 0 atom stereocenters. The number of hydrogen-bond acceptors (Lipinski definition) is 3. The molecular weight excluding hydrogens is 353 g/mol. The van der Waals surface area contributed by atoms with Gasteiger partial charge in [-0.2, -0.15) is 13.2 Å². The third-order valence-corrected chi connectivity index (χ3v) is 3.81. The normalized spacial score (nSPS) is 17.2. The monoisotopic (exact) mass is 366 g/mol. The fraction of sp³-hybridized carbons (Fsp3) is 0.462. The zero-order chi connectivity index (χ0) is 15.7. The zero-order valence-corrected chi connectivity index (χ0v) is 12.8. The van der Waals surface area contributed by atoms with Crippen LogP contribution in [0.2, 0.25) is 0 Å². The fourth-order valence-corrected chi connectivity index (χ4v) is 2.15. The lowest BCUT2D eigenvalue weighted by atomic mass is 10.0. The van der Waals surface area contributed by atoms with Crippen molar-refractivity contribution in [2.45, 2.75) is 18.7 Å². The number of alkyl halides is 3. The Morgan fingerprint density at radius 3 is 2.67 bits per heavy atom. The molecule has 0 saturated carbocycles. The first-order valence-electron chi connectivity index (χ1n) is 6.21. The molecule has 1 aromatic carbocycles. The van der Waals surface area contributed by atoms with Crippen LogP contribution in [0.15, 0.2) is 22.7 Å². The minimum Gasteiger partial charge on any atom is -0.363 e. The molecule has 0 spiro atoms. The summed E-state index contributed by atoms with van der Waals surface area (Å²) < 4.78 is 43.7. The van der Waals surface area contributed by atoms with Gasteiger partial charge in [-0.25, -0.2) is 0 Å². The molecule has 4 nitrogen and oxygen atoms in total. The van der Waals surface area contributed by atoms with Crippen LogP contribution in [0.4, 0.5) is 18.9 Å². The standard InChI is InChI=1S/C13H14BrF3N2O2/c1-12(6-18-7-12)21-5-11(20)19-10-4-8(13(15,16)17)2-3-9(10)14/h2-4,18H,5-7H2,1H3,(H,19,20). The van der Waals surface area contributed by atoms with Crippen LogP contribution in [0, 0.1) is 0 Å². The summed E-state index contributed by atoms with van der Waals surface area (Å²) in [6.07, 6.45) is -4.46. The molecule has 0 aliphatic carbocycles. The molecule has 116 valence electrons. The summed E-state index contributed by atoms with van der Waals surface area (Å²) in [5, 5.41) is 5.43. The van der Waals surface area contributed by atoms with Gasteiger partial charge < -0.3 is 15.4 Å². The first kappa shape index (κ1) is 16.3. The summed E-state index contributed by atoms with van der Waals surface area (Å²) in [7, 11) is 0. The van der Waals surface area contributed by atoms with Crippen LogP contribution in [0.1, 0.15) is 12.5 Å². The maximum atomic E-state index is 12.6. The Hall–Kier alpha value is -1.12. The second kappa shape index (κ2) is 5.94. The maximum Gasteiger partial charge on any atom is 0.416 e. The lowest BCUT2D eigenvalue weighted by Crippen LogP contribution is -2.59. The number of amides is 1. The van der Waals surface area contributed by atoms with Crippen molar-refractivity contribution in [2.24, 2.45) is 0 Å². The molecule has 1 aromatic rings. The molecular formula is C13H14BrF3N2O2. The number of carbonyl (C=O) groups excluding carboxylic acids is 1. The van der Waals surface area contributed by atoms with Crippen LogP contribution in [0.25, 0.3) is 0 Å². The molecule has 0 radical (unpaired) electrons. The summed E-state index contributed by atoms with van der Waals surface area (Å²) in [4.78, 5) is 11.8. The minimum absolute atomic E-state index is 0.0651. The lowest BCUT2D eigenvalue weighted by molar-refractivity contribution is -0.137. The van der Waals surface area contributed by atoms with Gasteiger partial charge in [0.1, 0.15) is 6.61 Å². The molecule has 0 unspecified atom stereocenters. The first-order chi connectivity index (χ1) is 9.70. The second-order valence-electron chi connectivity index (χ2n) is 5.08. The number of carbonyl (C=O) groups is 1. The number of benzene rings is 1. The summed E-state index contributed by atoms with van der Waals surface area (Å²) in [6.45, 7) is 2.94. The van der Waals surface area contributed by atoms with Crippen molar-refractivity contribution in [3.8, 4) is 0 Å². The molecule has 1 saturated heterocycles. The van der Waals surface area contributed by atoms with E-state index < -0.39 is 17.6 Å². The van der Waals surface area contributed by atoms with E-state index >= 15 is 0 Å². The van der Waals surface area contributed by atoms with Crippen LogP contribution >= 0.6 is 15.9 Å². The molecule has 1 fully saturated rings. The number of rotatable bonds is 4. The number of halogens is 4. The van der Waals surface area contributed by atoms with E-state index in [2.05, 4.69) is 26.6 Å². The third-order valence-electron chi connectivity index (χ3n) is 3.12. The molecule has 1 amide bonds. The highest BCUT2D eigenvalue weighted by molar-refractivity contribution is 9.10. The molecule has 1 aliphatic rings. The Bertz CT molecular complexity index is 545. The van der Waals surface area contributed by atoms with Crippen LogP contribution in [-0.2, 0) is 15.7 Å². The summed E-state index contributed by atoms with van der Waals surface area (Å²) in [6, 6.07) is 3.07. The lowest BCUT2D eigenvalue weighted by Gasteiger charge is -2.38. The molecule has 0 bridgehead atoms. The van der Waals surface area contributed by atoms with E-state index in [-0.39, 0.29) is 17.9 Å². The van der Waals surface area contributed by atoms with Gasteiger partial charge in [-0.15, -0.1) is 0 Å². The summed E-state index contributed by atoms with van der Waals surface area (Å²) >= 11 is 3.11. The Labute approximate surface area is 128 Å². The van der Waals surface area contributed by atoms with E-state index in [0.717, 1.165) is 12.1 Å². The smallest absolute Gasteiger partial charge is 0.363 e. The SMILES string of the molecule is CC1(OCC(=O)Nc2cc(C(F)(F)F)ccc2Br)CNC1. The van der Waals surface area contributed by atoms with Gasteiger partial charge in [0.15, 0.2) is 0 Å². The minimum atomic E-state index is -4.46. The van der Waals surface area contributed by atoms with Crippen LogP contribution < -0.4 is 10.6 Å². The number of anilines is 1. The van der Waals surface area contributed by atoms with Crippen LogP contribution in [0.3, 0.4) is 0 Å². The van der Waals surface area contributed by atoms with Crippen LogP contribution in [0.5, 0.6) is 0 Å². The molecule has 0 aromatic heterocycles. The second-order valence-corrected chi connectivity index (χ2v) is 5.94. The predicted molar refractivity (Wildman–Crippen MR) is 75.0 cm³/mol. The highest BCUT2D eigenvalue weighted by Gasteiger charge is 2.33. The van der Waals surface area contributed by atoms with Gasteiger partial charge in [0, 0.05) is 17.6 Å². The van der Waals surface area contributed by atoms with E-state index in [9.17, 15) is 18.0 Å². The van der Waals surface area contributed by atoms with Crippen molar-refractivity contribution in [3.63, 3.8) is 0 Å². The Morgan fingerprint density at radius 1 is 1.48 bits per heavy atom. The quantitative estimate of drug-likeness (QED) is 0.861. The Kier molecular flexibility index (Phi) is 4.60. The molecule has 1 aliphatic heterocycles. The van der Waals surface area contributed by atoms with Gasteiger partial charge in [0.2, 0.25) is 5.91 Å². The van der Waals surface area contributed by atoms with Crippen molar-refractivity contribution in [2.75, 3.05) is 25.0 Å². The van der Waals surface area contributed by atoms with Crippen molar-refractivity contribution < 1.29 is 22.7 Å². The largest absolute Gasteiger partial charge is 0.416 e. The topological polar surface area (TPSA) is 50.4 Å². The number of nitrogens with one attached hydrogen (secondary N) is 2. The third kappa shape index (κ3) is 4.18. The first-order valence-corrected chi connectivity index (χ1v) is 7.00. The number of hydrogen-bond donors (Lipinski definition) is 2. The van der Waals surface area contributed by atoms with Gasteiger partial charge in [-0.3, -0.25) is 4.79 Å². The van der Waals surface area contributed by atoms with Gasteiger partial charge >= 0.3 is 6.18 Å². The van der Waals surface area contributed by atoms with E-state index in [4.69, 9.17) is 4.74 Å². The van der Waals surface area contributed by atoms with Crippen molar-refractivity contribution in [1.82, 2.24) is 5.32 Å². The van der Waals surface area contributed by atoms with Gasteiger partial charge in [-0.1, -0.05) is 0 Å². The molecule has 8 heteroatoms. The van der Waals surface area contributed by atoms with E-state index in [1.165, 1.54) is 6.07 Å². The Balaban J connectivity index is 1.99. The molecule has 2 rings (SSSR count). The maximum absolute atomic E-state index is 12.6. The van der Waals surface area contributed by atoms with Crippen molar-refractivity contribution >= 4 is 27.5 Å². The fourth-order valence-electron chi connectivity index (χ4n) is 1.80. The average molecular weight is 367 g/mol. The highest BCUT2D eigenvalue weighted by atomic mass is 79.9. The summed E-state index contributed by atoms with van der Waals surface area (Å²) in [5.74, 6) is -0.497. The van der Waals surface area contributed by atoms with Crippen LogP contribution in [-0.4, -0.2) is 31.2 Å². The van der Waals surface area contributed by atoms with Crippen molar-refractivity contribution in [3.05, 3.63) is 28.2 Å². The number of ether oxygens (including phenoxy) is 1. The average Bonchev–Trinajstić information content (AvgIpc) is 2.35. The molecule has 1 heterocycles.